The van der Waals surface area contributed by atoms with Gasteiger partial charge in [0.2, 0.25) is 0 Å². The Morgan fingerprint density at radius 3 is 2.70 bits per heavy atom. The first-order valence-corrected chi connectivity index (χ1v) is 8.32. The summed E-state index contributed by atoms with van der Waals surface area (Å²) < 4.78 is 49.6. The highest BCUT2D eigenvalue weighted by atomic mass is 19.3. The maximum atomic E-state index is 13.5. The summed E-state index contributed by atoms with van der Waals surface area (Å²) in [4.78, 5) is 16.8. The number of ether oxygens (including phenoxy) is 2. The third kappa shape index (κ3) is 4.45. The van der Waals surface area contributed by atoms with E-state index in [0.717, 1.165) is 17.7 Å². The van der Waals surface area contributed by atoms with Gasteiger partial charge >= 0.3 is 0 Å². The van der Waals surface area contributed by atoms with E-state index in [-0.39, 0.29) is 0 Å². The number of benzene rings is 1. The number of nitrogens with zero attached hydrogens (tertiary/aromatic N) is 2. The lowest BCUT2D eigenvalue weighted by atomic mass is 10.0. The van der Waals surface area contributed by atoms with Crippen LogP contribution in [-0.4, -0.2) is 48.8 Å². The maximum absolute atomic E-state index is 13.5. The Morgan fingerprint density at radius 2 is 2.07 bits per heavy atom. The SMILES string of the molecule is CN(Cc1cncc(-c2ccc(F)c(C(F)F)c2)c1)CC1(OC=O)COC1. The molecule has 0 saturated carbocycles. The van der Waals surface area contributed by atoms with E-state index in [1.165, 1.54) is 6.07 Å². The van der Waals surface area contributed by atoms with Gasteiger partial charge in [-0.25, -0.2) is 13.2 Å². The van der Waals surface area contributed by atoms with E-state index in [1.54, 1.807) is 12.4 Å². The van der Waals surface area contributed by atoms with Crippen LogP contribution >= 0.6 is 0 Å². The lowest BCUT2D eigenvalue weighted by molar-refractivity contribution is -0.207. The van der Waals surface area contributed by atoms with E-state index in [9.17, 15) is 18.0 Å². The van der Waals surface area contributed by atoms with E-state index in [4.69, 9.17) is 9.47 Å². The zero-order valence-electron chi connectivity index (χ0n) is 14.7. The lowest BCUT2D eigenvalue weighted by Gasteiger charge is -2.41. The van der Waals surface area contributed by atoms with Crippen LogP contribution < -0.4 is 0 Å². The van der Waals surface area contributed by atoms with Crippen molar-refractivity contribution in [3.8, 4) is 11.1 Å². The highest BCUT2D eigenvalue weighted by Crippen LogP contribution is 2.28. The van der Waals surface area contributed by atoms with Crippen molar-refractivity contribution in [2.75, 3.05) is 26.8 Å². The summed E-state index contributed by atoms with van der Waals surface area (Å²) in [5.74, 6) is -0.930. The van der Waals surface area contributed by atoms with E-state index in [0.29, 0.717) is 43.9 Å². The van der Waals surface area contributed by atoms with Gasteiger partial charge in [0, 0.05) is 31.0 Å². The van der Waals surface area contributed by atoms with Crippen molar-refractivity contribution in [3.63, 3.8) is 0 Å². The van der Waals surface area contributed by atoms with Gasteiger partial charge in [0.1, 0.15) is 5.82 Å². The molecule has 0 unspecified atom stereocenters. The van der Waals surface area contributed by atoms with Gasteiger partial charge in [-0.2, -0.15) is 0 Å². The Balaban J connectivity index is 1.74. The number of carbonyl (C=O) groups excluding carboxylic acids is 1. The molecule has 1 aromatic carbocycles. The first kappa shape index (κ1) is 19.3. The molecule has 0 spiro atoms. The first-order valence-electron chi connectivity index (χ1n) is 8.32. The molecule has 1 fully saturated rings. The predicted molar refractivity (Wildman–Crippen MR) is 91.6 cm³/mol. The van der Waals surface area contributed by atoms with Crippen molar-refractivity contribution in [1.82, 2.24) is 9.88 Å². The summed E-state index contributed by atoms with van der Waals surface area (Å²) in [7, 11) is 1.87. The van der Waals surface area contributed by atoms with Crippen LogP contribution in [0, 0.1) is 5.82 Å². The molecule has 0 radical (unpaired) electrons. The second kappa shape index (κ2) is 8.06. The van der Waals surface area contributed by atoms with Crippen LogP contribution in [0.1, 0.15) is 17.6 Å². The fourth-order valence-electron chi connectivity index (χ4n) is 3.11. The number of hydrogen-bond donors (Lipinski definition) is 0. The molecule has 2 heterocycles. The molecule has 0 N–H and O–H groups in total. The predicted octanol–water partition coefficient (Wildman–Crippen LogP) is 3.20. The second-order valence-electron chi connectivity index (χ2n) is 6.68. The largest absolute Gasteiger partial charge is 0.455 e. The summed E-state index contributed by atoms with van der Waals surface area (Å²) in [5.41, 5.74) is 0.669. The lowest BCUT2D eigenvalue weighted by Crippen LogP contribution is -2.58. The standard InChI is InChI=1S/C19H19F3N2O3/c1-24(9-19(27-12-25)10-26-11-19)8-13-4-15(7-23-6-13)14-2-3-17(20)16(5-14)18(21)22/h2-7,12,18H,8-11H2,1H3. The van der Waals surface area contributed by atoms with Gasteiger partial charge in [-0.1, -0.05) is 6.07 Å². The number of halogens is 3. The molecule has 144 valence electrons. The Hall–Kier alpha value is -2.45. The summed E-state index contributed by atoms with van der Waals surface area (Å²) in [6.45, 7) is 2.12. The first-order chi connectivity index (χ1) is 12.9. The normalized spacial score (nSPS) is 15.6. The van der Waals surface area contributed by atoms with E-state index >= 15 is 0 Å². The van der Waals surface area contributed by atoms with Crippen molar-refractivity contribution < 1.29 is 27.4 Å². The number of aromatic nitrogens is 1. The molecule has 8 heteroatoms. The third-order valence-electron chi connectivity index (χ3n) is 4.40. The number of likely N-dealkylation sites (N-methyl/N-ethyl adjacent to an activating group) is 1. The third-order valence-corrected chi connectivity index (χ3v) is 4.40. The Kier molecular flexibility index (Phi) is 5.76. The Bertz CT molecular complexity index is 813. The summed E-state index contributed by atoms with van der Waals surface area (Å²) >= 11 is 0. The number of pyridine rings is 1. The van der Waals surface area contributed by atoms with Gasteiger partial charge in [0.25, 0.3) is 12.9 Å². The highest BCUT2D eigenvalue weighted by Gasteiger charge is 2.41. The van der Waals surface area contributed by atoms with Crippen molar-refractivity contribution in [2.45, 2.75) is 18.6 Å². The molecule has 0 bridgehead atoms. The number of carbonyl (C=O) groups is 1. The van der Waals surface area contributed by atoms with Crippen molar-refractivity contribution in [3.05, 3.63) is 53.6 Å². The van der Waals surface area contributed by atoms with Gasteiger partial charge in [-0.15, -0.1) is 0 Å². The molecule has 0 amide bonds. The van der Waals surface area contributed by atoms with Crippen LogP contribution in [0.15, 0.2) is 36.7 Å². The molecular weight excluding hydrogens is 361 g/mol. The summed E-state index contributed by atoms with van der Waals surface area (Å²) in [6, 6.07) is 5.44. The number of rotatable bonds is 8. The van der Waals surface area contributed by atoms with Gasteiger partial charge in [0.15, 0.2) is 5.60 Å². The Morgan fingerprint density at radius 1 is 1.30 bits per heavy atom. The minimum atomic E-state index is -2.88. The summed E-state index contributed by atoms with van der Waals surface area (Å²) in [5, 5.41) is 0. The number of alkyl halides is 2. The molecule has 0 aliphatic carbocycles. The van der Waals surface area contributed by atoms with E-state index < -0.39 is 23.4 Å². The topological polar surface area (TPSA) is 51.7 Å². The van der Waals surface area contributed by atoms with Crippen LogP contribution in [-0.2, 0) is 20.8 Å². The molecule has 1 aliphatic heterocycles. The fraction of sp³-hybridized carbons (Fsp3) is 0.368. The van der Waals surface area contributed by atoms with Crippen LogP contribution in [0.25, 0.3) is 11.1 Å². The molecule has 3 rings (SSSR count). The average molecular weight is 380 g/mol. The monoisotopic (exact) mass is 380 g/mol. The molecular formula is C19H19F3N2O3. The zero-order chi connectivity index (χ0) is 19.4. The molecule has 1 saturated heterocycles. The minimum Gasteiger partial charge on any atom is -0.455 e. The quantitative estimate of drug-likeness (QED) is 0.659. The van der Waals surface area contributed by atoms with Crippen molar-refractivity contribution >= 4 is 6.47 Å². The van der Waals surface area contributed by atoms with Gasteiger partial charge in [0.05, 0.1) is 18.8 Å². The Labute approximate surface area is 154 Å². The van der Waals surface area contributed by atoms with Crippen molar-refractivity contribution in [2.24, 2.45) is 0 Å². The van der Waals surface area contributed by atoms with Crippen LogP contribution in [0.2, 0.25) is 0 Å². The van der Waals surface area contributed by atoms with E-state index in [2.05, 4.69) is 4.98 Å². The molecule has 1 aliphatic rings. The summed E-state index contributed by atoms with van der Waals surface area (Å²) in [6.07, 6.45) is 0.330. The fourth-order valence-corrected chi connectivity index (χ4v) is 3.11. The molecule has 2 aromatic rings. The molecule has 0 atom stereocenters. The van der Waals surface area contributed by atoms with E-state index in [1.807, 2.05) is 18.0 Å². The van der Waals surface area contributed by atoms with Gasteiger partial charge in [-0.05, 0) is 36.4 Å². The minimum absolute atomic E-state index is 0.348. The average Bonchev–Trinajstić information content (AvgIpc) is 2.60. The van der Waals surface area contributed by atoms with Gasteiger partial charge < -0.3 is 9.47 Å². The van der Waals surface area contributed by atoms with Crippen LogP contribution in [0.3, 0.4) is 0 Å². The molecule has 1 aromatic heterocycles. The maximum Gasteiger partial charge on any atom is 0.293 e. The highest BCUT2D eigenvalue weighted by molar-refractivity contribution is 5.64. The zero-order valence-corrected chi connectivity index (χ0v) is 14.7. The smallest absolute Gasteiger partial charge is 0.293 e. The number of hydrogen-bond acceptors (Lipinski definition) is 5. The van der Waals surface area contributed by atoms with Crippen molar-refractivity contribution in [1.29, 1.82) is 0 Å². The molecule has 27 heavy (non-hydrogen) atoms. The molecule has 5 nitrogen and oxygen atoms in total. The van der Waals surface area contributed by atoms with Crippen LogP contribution in [0.4, 0.5) is 13.2 Å². The van der Waals surface area contributed by atoms with Gasteiger partial charge in [-0.3, -0.25) is 14.7 Å². The van der Waals surface area contributed by atoms with Crippen LogP contribution in [0.5, 0.6) is 0 Å². The second-order valence-corrected chi connectivity index (χ2v) is 6.68.